The molecule has 1 aromatic rings. The third kappa shape index (κ3) is 7.09. The molecule has 0 aliphatic rings. The number of ketones is 1. The summed E-state index contributed by atoms with van der Waals surface area (Å²) < 4.78 is 10.9. The minimum absolute atomic E-state index is 0.108. The highest BCUT2D eigenvalue weighted by molar-refractivity contribution is 6.01. The van der Waals surface area contributed by atoms with E-state index in [4.69, 9.17) is 14.7 Å². The number of aliphatic hydroxyl groups is 1. The number of hydrogen-bond acceptors (Lipinski definition) is 5. The number of carbonyl (C=O) groups is 1. The highest BCUT2D eigenvalue weighted by Gasteiger charge is 2.08. The lowest BCUT2D eigenvalue weighted by atomic mass is 10.1. The first kappa shape index (κ1) is 18.9. The molecule has 1 rings (SSSR count). The van der Waals surface area contributed by atoms with Crippen LogP contribution in [-0.4, -0.2) is 36.3 Å². The summed E-state index contributed by atoms with van der Waals surface area (Å²) in [7, 11) is 0. The predicted molar refractivity (Wildman–Crippen MR) is 87.9 cm³/mol. The van der Waals surface area contributed by atoms with Gasteiger partial charge >= 0.3 is 0 Å². The van der Waals surface area contributed by atoms with E-state index in [-0.39, 0.29) is 30.7 Å². The lowest BCUT2D eigenvalue weighted by Crippen LogP contribution is -2.25. The average molecular weight is 317 g/mol. The lowest BCUT2D eigenvalue weighted by Gasteiger charge is -2.15. The normalized spacial score (nSPS) is 14.0. The fourth-order valence-electron chi connectivity index (χ4n) is 1.67. The molecule has 0 saturated heterocycles. The van der Waals surface area contributed by atoms with E-state index in [0.29, 0.717) is 5.75 Å². The lowest BCUT2D eigenvalue weighted by molar-refractivity contribution is -0.113. The van der Waals surface area contributed by atoms with Crippen molar-refractivity contribution >= 4 is 11.9 Å². The Labute approximate surface area is 137 Å². The van der Waals surface area contributed by atoms with Gasteiger partial charge in [0, 0.05) is 0 Å². The minimum Gasteiger partial charge on any atom is -0.491 e. The molecular weight excluding hydrogens is 294 g/mol. The van der Waals surface area contributed by atoms with Gasteiger partial charge in [-0.3, -0.25) is 4.79 Å². The summed E-state index contributed by atoms with van der Waals surface area (Å²) in [5, 5.41) is 18.6. The molecule has 0 saturated carbocycles. The molecule has 1 aromatic carbocycles. The summed E-state index contributed by atoms with van der Waals surface area (Å²) >= 11 is 0. The standard InChI is InChI=1S/C18H23NO4/c1-4-13(2)22-11-17(21)12-23-18-7-5-15(6-8-18)9-16(10-19)14(3)20/h5-9,13,17,21H,4,11-12H2,1-3H3/b16-9+/t13-,17?/m0/s1. The molecule has 23 heavy (non-hydrogen) atoms. The molecule has 5 nitrogen and oxygen atoms in total. The maximum Gasteiger partial charge on any atom is 0.170 e. The molecule has 0 amide bonds. The first-order chi connectivity index (χ1) is 11.0. The Balaban J connectivity index is 2.52. The Bertz CT molecular complexity index is 572. The molecule has 1 N–H and O–H groups in total. The zero-order valence-electron chi connectivity index (χ0n) is 13.8. The topological polar surface area (TPSA) is 79.5 Å². The SMILES string of the molecule is CC[C@H](C)OCC(O)COc1ccc(/C=C(\C#N)C(C)=O)cc1. The Morgan fingerprint density at radius 3 is 2.52 bits per heavy atom. The Hall–Kier alpha value is -2.16. The molecule has 0 aromatic heterocycles. The van der Waals surface area contributed by atoms with Crippen LogP contribution in [0.1, 0.15) is 32.8 Å². The number of ether oxygens (including phenoxy) is 2. The summed E-state index contributed by atoms with van der Waals surface area (Å²) in [4.78, 5) is 11.2. The maximum atomic E-state index is 11.2. The van der Waals surface area contributed by atoms with Crippen LogP contribution in [0.4, 0.5) is 0 Å². The van der Waals surface area contributed by atoms with Crippen LogP contribution in [0.2, 0.25) is 0 Å². The number of nitriles is 1. The van der Waals surface area contributed by atoms with Gasteiger partial charge in [0.05, 0.1) is 18.3 Å². The number of rotatable bonds is 9. The van der Waals surface area contributed by atoms with Crippen molar-refractivity contribution in [3.63, 3.8) is 0 Å². The van der Waals surface area contributed by atoms with Crippen LogP contribution in [-0.2, 0) is 9.53 Å². The molecule has 0 spiro atoms. The van der Waals surface area contributed by atoms with Gasteiger partial charge in [-0.1, -0.05) is 19.1 Å². The van der Waals surface area contributed by atoms with Gasteiger partial charge < -0.3 is 14.6 Å². The average Bonchev–Trinajstić information content (AvgIpc) is 2.56. The molecule has 124 valence electrons. The van der Waals surface area contributed by atoms with Crippen LogP contribution in [0.3, 0.4) is 0 Å². The molecular formula is C18H23NO4. The predicted octanol–water partition coefficient (Wildman–Crippen LogP) is 2.74. The first-order valence-corrected chi connectivity index (χ1v) is 7.61. The molecule has 0 bridgehead atoms. The highest BCUT2D eigenvalue weighted by Crippen LogP contribution is 2.15. The number of benzene rings is 1. The fraction of sp³-hybridized carbons (Fsp3) is 0.444. The molecule has 2 atom stereocenters. The largest absolute Gasteiger partial charge is 0.491 e. The van der Waals surface area contributed by atoms with Crippen molar-refractivity contribution in [3.05, 3.63) is 35.4 Å². The number of nitrogens with zero attached hydrogens (tertiary/aromatic N) is 1. The summed E-state index contributed by atoms with van der Waals surface area (Å²) in [6, 6.07) is 8.81. The van der Waals surface area contributed by atoms with Gasteiger partial charge in [0.2, 0.25) is 0 Å². The third-order valence-electron chi connectivity index (χ3n) is 3.28. The number of Topliss-reactive ketones (excluding diaryl/α,β-unsaturated/α-hetero) is 1. The summed E-state index contributed by atoms with van der Waals surface area (Å²) in [5.41, 5.74) is 0.848. The van der Waals surface area contributed by atoms with E-state index < -0.39 is 6.10 Å². The molecule has 0 fully saturated rings. The van der Waals surface area contributed by atoms with Crippen LogP contribution in [0.5, 0.6) is 5.75 Å². The molecule has 0 radical (unpaired) electrons. The molecule has 5 heteroatoms. The van der Waals surface area contributed by atoms with E-state index in [1.807, 2.05) is 19.9 Å². The van der Waals surface area contributed by atoms with Crippen molar-refractivity contribution in [2.75, 3.05) is 13.2 Å². The second-order valence-electron chi connectivity index (χ2n) is 5.31. The van der Waals surface area contributed by atoms with Crippen molar-refractivity contribution < 1.29 is 19.4 Å². The summed E-state index contributed by atoms with van der Waals surface area (Å²) in [6.07, 6.45) is 1.85. The van der Waals surface area contributed by atoms with Crippen molar-refractivity contribution in [2.45, 2.75) is 39.4 Å². The monoisotopic (exact) mass is 317 g/mol. The van der Waals surface area contributed by atoms with Crippen LogP contribution in [0.25, 0.3) is 6.08 Å². The van der Waals surface area contributed by atoms with Crippen LogP contribution in [0.15, 0.2) is 29.8 Å². The Kier molecular flexibility index (Phi) is 8.03. The van der Waals surface area contributed by atoms with Gasteiger partial charge in [-0.05, 0) is 44.0 Å². The second kappa shape index (κ2) is 9.78. The molecule has 0 aliphatic carbocycles. The zero-order chi connectivity index (χ0) is 17.2. The minimum atomic E-state index is -0.688. The van der Waals surface area contributed by atoms with E-state index in [0.717, 1.165) is 12.0 Å². The van der Waals surface area contributed by atoms with E-state index in [1.54, 1.807) is 24.3 Å². The van der Waals surface area contributed by atoms with Crippen molar-refractivity contribution in [1.82, 2.24) is 0 Å². The van der Waals surface area contributed by atoms with Crippen LogP contribution < -0.4 is 4.74 Å². The summed E-state index contributed by atoms with van der Waals surface area (Å²) in [6.45, 7) is 5.71. The number of aliphatic hydroxyl groups excluding tert-OH is 1. The van der Waals surface area contributed by atoms with Gasteiger partial charge in [-0.25, -0.2) is 0 Å². The Morgan fingerprint density at radius 1 is 1.35 bits per heavy atom. The van der Waals surface area contributed by atoms with E-state index in [2.05, 4.69) is 0 Å². The second-order valence-corrected chi connectivity index (χ2v) is 5.31. The zero-order valence-corrected chi connectivity index (χ0v) is 13.8. The van der Waals surface area contributed by atoms with Gasteiger partial charge in [-0.2, -0.15) is 5.26 Å². The number of carbonyl (C=O) groups excluding carboxylic acids is 1. The summed E-state index contributed by atoms with van der Waals surface area (Å²) in [5.74, 6) is 0.336. The number of hydrogen-bond donors (Lipinski definition) is 1. The molecule has 0 heterocycles. The van der Waals surface area contributed by atoms with Crippen LogP contribution in [0, 0.1) is 11.3 Å². The van der Waals surface area contributed by atoms with Gasteiger partial charge in [-0.15, -0.1) is 0 Å². The van der Waals surface area contributed by atoms with Gasteiger partial charge in [0.1, 0.15) is 24.5 Å². The van der Waals surface area contributed by atoms with E-state index >= 15 is 0 Å². The quantitative estimate of drug-likeness (QED) is 0.559. The van der Waals surface area contributed by atoms with Crippen molar-refractivity contribution in [1.29, 1.82) is 5.26 Å². The highest BCUT2D eigenvalue weighted by atomic mass is 16.5. The maximum absolute atomic E-state index is 11.2. The fourth-order valence-corrected chi connectivity index (χ4v) is 1.67. The van der Waals surface area contributed by atoms with Gasteiger partial charge in [0.15, 0.2) is 5.78 Å². The first-order valence-electron chi connectivity index (χ1n) is 7.61. The third-order valence-corrected chi connectivity index (χ3v) is 3.28. The van der Waals surface area contributed by atoms with Crippen LogP contribution >= 0.6 is 0 Å². The Morgan fingerprint density at radius 2 is 2.00 bits per heavy atom. The van der Waals surface area contributed by atoms with Crippen molar-refractivity contribution in [2.24, 2.45) is 0 Å². The van der Waals surface area contributed by atoms with Gasteiger partial charge in [0.25, 0.3) is 0 Å². The van der Waals surface area contributed by atoms with Crippen molar-refractivity contribution in [3.8, 4) is 11.8 Å². The molecule has 0 aliphatic heterocycles. The van der Waals surface area contributed by atoms with E-state index in [1.165, 1.54) is 13.0 Å². The number of allylic oxidation sites excluding steroid dienone is 1. The smallest absolute Gasteiger partial charge is 0.170 e. The van der Waals surface area contributed by atoms with E-state index in [9.17, 15) is 9.90 Å². The molecule has 1 unspecified atom stereocenters.